The summed E-state index contributed by atoms with van der Waals surface area (Å²) in [4.78, 5) is 0. The van der Waals surface area contributed by atoms with E-state index in [9.17, 15) is 0 Å². The molecule has 0 atom stereocenters. The van der Waals surface area contributed by atoms with Crippen molar-refractivity contribution in [1.29, 1.82) is 0 Å². The fourth-order valence-electron chi connectivity index (χ4n) is 2.17. The molecule has 5 nitrogen and oxygen atoms in total. The Bertz CT molecular complexity index is 491. The first-order chi connectivity index (χ1) is 8.92. The standard InChI is InChI=1S/C13H16N4O/c1-2-12(16-11-4-6-18-7-5-11)8-13(3-1)17-9-14-15-10-17/h1-3,8-11,16H,4-7H2. The van der Waals surface area contributed by atoms with Crippen LogP contribution in [-0.2, 0) is 4.74 Å². The van der Waals surface area contributed by atoms with Gasteiger partial charge in [0.2, 0.25) is 0 Å². The molecule has 0 unspecified atom stereocenters. The van der Waals surface area contributed by atoms with E-state index in [1.807, 2.05) is 16.7 Å². The summed E-state index contributed by atoms with van der Waals surface area (Å²) < 4.78 is 7.26. The van der Waals surface area contributed by atoms with Crippen LogP contribution in [0.25, 0.3) is 5.69 Å². The monoisotopic (exact) mass is 244 g/mol. The van der Waals surface area contributed by atoms with Crippen molar-refractivity contribution in [2.24, 2.45) is 0 Å². The fraction of sp³-hybridized carbons (Fsp3) is 0.385. The maximum absolute atomic E-state index is 5.36. The SMILES string of the molecule is c1cc(NC2CCOCC2)cc(-n2cnnc2)c1. The van der Waals surface area contributed by atoms with Crippen LogP contribution in [0.4, 0.5) is 5.69 Å². The maximum atomic E-state index is 5.36. The highest BCUT2D eigenvalue weighted by Gasteiger charge is 2.13. The Hall–Kier alpha value is -1.88. The molecule has 0 saturated carbocycles. The van der Waals surface area contributed by atoms with E-state index >= 15 is 0 Å². The van der Waals surface area contributed by atoms with Gasteiger partial charge in [0.15, 0.2) is 0 Å². The second-order valence-corrected chi connectivity index (χ2v) is 4.45. The summed E-state index contributed by atoms with van der Waals surface area (Å²) in [6.07, 6.45) is 5.54. The number of anilines is 1. The predicted molar refractivity (Wildman–Crippen MR) is 68.8 cm³/mol. The Morgan fingerprint density at radius 3 is 2.72 bits per heavy atom. The molecule has 0 radical (unpaired) electrons. The van der Waals surface area contributed by atoms with Gasteiger partial charge in [0.05, 0.1) is 5.69 Å². The Kier molecular flexibility index (Phi) is 3.23. The second kappa shape index (κ2) is 5.18. The lowest BCUT2D eigenvalue weighted by molar-refractivity contribution is 0.0904. The van der Waals surface area contributed by atoms with Gasteiger partial charge in [0.1, 0.15) is 12.7 Å². The van der Waals surface area contributed by atoms with E-state index in [-0.39, 0.29) is 0 Å². The van der Waals surface area contributed by atoms with Gasteiger partial charge < -0.3 is 10.1 Å². The van der Waals surface area contributed by atoms with Gasteiger partial charge in [-0.15, -0.1) is 10.2 Å². The quantitative estimate of drug-likeness (QED) is 0.895. The van der Waals surface area contributed by atoms with Crippen molar-refractivity contribution in [2.75, 3.05) is 18.5 Å². The zero-order valence-electron chi connectivity index (χ0n) is 10.1. The van der Waals surface area contributed by atoms with Crippen molar-refractivity contribution < 1.29 is 4.74 Å². The molecule has 0 aliphatic carbocycles. The van der Waals surface area contributed by atoms with E-state index in [0.29, 0.717) is 6.04 Å². The molecular weight excluding hydrogens is 228 g/mol. The van der Waals surface area contributed by atoms with Crippen LogP contribution in [0.15, 0.2) is 36.9 Å². The number of benzene rings is 1. The molecule has 1 N–H and O–H groups in total. The van der Waals surface area contributed by atoms with Crippen molar-refractivity contribution in [3.63, 3.8) is 0 Å². The van der Waals surface area contributed by atoms with Crippen LogP contribution in [0.2, 0.25) is 0 Å². The summed E-state index contributed by atoms with van der Waals surface area (Å²) in [6, 6.07) is 8.78. The van der Waals surface area contributed by atoms with Gasteiger partial charge in [0, 0.05) is 24.9 Å². The molecule has 0 amide bonds. The van der Waals surface area contributed by atoms with Crippen molar-refractivity contribution in [2.45, 2.75) is 18.9 Å². The van der Waals surface area contributed by atoms with E-state index in [2.05, 4.69) is 27.6 Å². The van der Waals surface area contributed by atoms with Crippen molar-refractivity contribution in [1.82, 2.24) is 14.8 Å². The molecule has 18 heavy (non-hydrogen) atoms. The summed E-state index contributed by atoms with van der Waals surface area (Å²) in [5.41, 5.74) is 2.20. The van der Waals surface area contributed by atoms with Gasteiger partial charge >= 0.3 is 0 Å². The molecule has 1 aliphatic rings. The summed E-state index contributed by atoms with van der Waals surface area (Å²) in [6.45, 7) is 1.70. The molecule has 1 aromatic heterocycles. The number of nitrogens with zero attached hydrogens (tertiary/aromatic N) is 3. The summed E-state index contributed by atoms with van der Waals surface area (Å²) in [7, 11) is 0. The Morgan fingerprint density at radius 1 is 1.17 bits per heavy atom. The normalized spacial score (nSPS) is 16.7. The van der Waals surface area contributed by atoms with E-state index in [4.69, 9.17) is 4.74 Å². The van der Waals surface area contributed by atoms with Crippen molar-refractivity contribution in [3.05, 3.63) is 36.9 Å². The highest BCUT2D eigenvalue weighted by molar-refractivity contribution is 5.51. The zero-order chi connectivity index (χ0) is 12.2. The molecule has 0 spiro atoms. The van der Waals surface area contributed by atoms with Crippen molar-refractivity contribution >= 4 is 5.69 Å². The molecule has 5 heteroatoms. The highest BCUT2D eigenvalue weighted by Crippen LogP contribution is 2.18. The smallest absolute Gasteiger partial charge is 0.123 e. The molecular formula is C13H16N4O. The van der Waals surface area contributed by atoms with Crippen LogP contribution >= 0.6 is 0 Å². The molecule has 0 bridgehead atoms. The van der Waals surface area contributed by atoms with E-state index in [1.54, 1.807) is 12.7 Å². The van der Waals surface area contributed by atoms with Crippen LogP contribution in [-0.4, -0.2) is 34.0 Å². The first kappa shape index (κ1) is 11.2. The number of ether oxygens (including phenoxy) is 1. The van der Waals surface area contributed by atoms with Crippen LogP contribution < -0.4 is 5.32 Å². The van der Waals surface area contributed by atoms with E-state index in [0.717, 1.165) is 37.4 Å². The van der Waals surface area contributed by atoms with E-state index in [1.165, 1.54) is 0 Å². The summed E-state index contributed by atoms with van der Waals surface area (Å²) in [5, 5.41) is 11.2. The van der Waals surface area contributed by atoms with Crippen LogP contribution in [0.5, 0.6) is 0 Å². The predicted octanol–water partition coefficient (Wildman–Crippen LogP) is 1.86. The zero-order valence-corrected chi connectivity index (χ0v) is 10.1. The Labute approximate surface area is 106 Å². The lowest BCUT2D eigenvalue weighted by Gasteiger charge is -2.24. The molecule has 1 fully saturated rings. The van der Waals surface area contributed by atoms with Gasteiger partial charge in [-0.05, 0) is 31.0 Å². The first-order valence-electron chi connectivity index (χ1n) is 6.21. The lowest BCUT2D eigenvalue weighted by Crippen LogP contribution is -2.27. The highest BCUT2D eigenvalue weighted by atomic mass is 16.5. The van der Waals surface area contributed by atoms with Crippen LogP contribution in [0, 0.1) is 0 Å². The molecule has 1 saturated heterocycles. The number of hydrogen-bond acceptors (Lipinski definition) is 4. The van der Waals surface area contributed by atoms with Gasteiger partial charge in [-0.2, -0.15) is 0 Å². The topological polar surface area (TPSA) is 52.0 Å². The summed E-state index contributed by atoms with van der Waals surface area (Å²) >= 11 is 0. The van der Waals surface area contributed by atoms with Gasteiger partial charge in [-0.1, -0.05) is 6.07 Å². The minimum Gasteiger partial charge on any atom is -0.382 e. The molecule has 2 aromatic rings. The molecule has 3 rings (SSSR count). The fourth-order valence-corrected chi connectivity index (χ4v) is 2.17. The minimum absolute atomic E-state index is 0.509. The molecule has 2 heterocycles. The van der Waals surface area contributed by atoms with E-state index < -0.39 is 0 Å². The number of nitrogens with one attached hydrogen (secondary N) is 1. The maximum Gasteiger partial charge on any atom is 0.123 e. The van der Waals surface area contributed by atoms with Crippen molar-refractivity contribution in [3.8, 4) is 5.69 Å². The number of aromatic nitrogens is 3. The molecule has 1 aliphatic heterocycles. The third-order valence-electron chi connectivity index (χ3n) is 3.16. The van der Waals surface area contributed by atoms with Gasteiger partial charge in [0.25, 0.3) is 0 Å². The third kappa shape index (κ3) is 2.51. The Balaban J connectivity index is 1.74. The number of rotatable bonds is 3. The average molecular weight is 244 g/mol. The number of hydrogen-bond donors (Lipinski definition) is 1. The van der Waals surface area contributed by atoms with Crippen LogP contribution in [0.1, 0.15) is 12.8 Å². The second-order valence-electron chi connectivity index (χ2n) is 4.45. The largest absolute Gasteiger partial charge is 0.382 e. The Morgan fingerprint density at radius 2 is 1.94 bits per heavy atom. The third-order valence-corrected chi connectivity index (χ3v) is 3.16. The first-order valence-corrected chi connectivity index (χ1v) is 6.21. The minimum atomic E-state index is 0.509. The molecule has 1 aromatic carbocycles. The van der Waals surface area contributed by atoms with Gasteiger partial charge in [-0.3, -0.25) is 4.57 Å². The lowest BCUT2D eigenvalue weighted by atomic mass is 10.1. The average Bonchev–Trinajstić information content (AvgIpc) is 2.94. The summed E-state index contributed by atoms with van der Waals surface area (Å²) in [5.74, 6) is 0. The van der Waals surface area contributed by atoms with Crippen LogP contribution in [0.3, 0.4) is 0 Å². The molecule has 94 valence electrons. The van der Waals surface area contributed by atoms with Gasteiger partial charge in [-0.25, -0.2) is 0 Å².